The molecule has 3 N–H and O–H groups in total. The number of oxime groups is 1. The summed E-state index contributed by atoms with van der Waals surface area (Å²) in [4.78, 5) is 2.26. The lowest BCUT2D eigenvalue weighted by molar-refractivity contribution is 0.265. The summed E-state index contributed by atoms with van der Waals surface area (Å²) in [5.74, 6) is 1.68. The Labute approximate surface area is 99.5 Å². The monoisotopic (exact) mass is 229 g/mol. The molecule has 0 aromatic carbocycles. The van der Waals surface area contributed by atoms with Crippen LogP contribution >= 0.6 is 0 Å². The molecule has 0 saturated carbocycles. The first-order chi connectivity index (χ1) is 7.45. The summed E-state index contributed by atoms with van der Waals surface area (Å²) in [5.41, 5.74) is 5.54. The molecule has 0 rings (SSSR count). The maximum atomic E-state index is 8.57. The Morgan fingerprint density at radius 1 is 1.12 bits per heavy atom. The van der Waals surface area contributed by atoms with Gasteiger partial charge in [-0.1, -0.05) is 32.9 Å². The van der Waals surface area contributed by atoms with Gasteiger partial charge in [0.05, 0.1) is 6.54 Å². The van der Waals surface area contributed by atoms with E-state index >= 15 is 0 Å². The van der Waals surface area contributed by atoms with Crippen molar-refractivity contribution in [1.82, 2.24) is 4.90 Å². The smallest absolute Gasteiger partial charge is 0.153 e. The van der Waals surface area contributed by atoms with Gasteiger partial charge in [0.15, 0.2) is 5.84 Å². The Balaban J connectivity index is 4.05. The van der Waals surface area contributed by atoms with Crippen LogP contribution in [0.1, 0.15) is 40.5 Å². The largest absolute Gasteiger partial charge is 0.409 e. The van der Waals surface area contributed by atoms with Crippen molar-refractivity contribution < 1.29 is 5.21 Å². The summed E-state index contributed by atoms with van der Waals surface area (Å²) in [6.07, 6.45) is 2.30. The quantitative estimate of drug-likeness (QED) is 0.290. The van der Waals surface area contributed by atoms with Gasteiger partial charge in [0.1, 0.15) is 0 Å². The van der Waals surface area contributed by atoms with Gasteiger partial charge in [-0.2, -0.15) is 0 Å². The van der Waals surface area contributed by atoms with Gasteiger partial charge in [0.25, 0.3) is 0 Å². The van der Waals surface area contributed by atoms with Crippen LogP contribution in [0.2, 0.25) is 0 Å². The topological polar surface area (TPSA) is 61.8 Å². The van der Waals surface area contributed by atoms with Crippen LogP contribution in [-0.4, -0.2) is 35.6 Å². The molecule has 0 aliphatic carbocycles. The number of nitrogens with zero attached hydrogens (tertiary/aromatic N) is 2. The molecular weight excluding hydrogens is 202 g/mol. The predicted octanol–water partition coefficient (Wildman–Crippen LogP) is 2.13. The lowest BCUT2D eigenvalue weighted by atomic mass is 10.1. The third-order valence-corrected chi connectivity index (χ3v) is 2.56. The first kappa shape index (κ1) is 15.2. The zero-order valence-electron chi connectivity index (χ0n) is 11.1. The minimum atomic E-state index is 0.299. The van der Waals surface area contributed by atoms with Crippen molar-refractivity contribution in [1.29, 1.82) is 0 Å². The van der Waals surface area contributed by atoms with Gasteiger partial charge in [-0.05, 0) is 37.8 Å². The van der Waals surface area contributed by atoms with Crippen LogP contribution in [0.5, 0.6) is 0 Å². The molecule has 0 unspecified atom stereocenters. The van der Waals surface area contributed by atoms with Crippen molar-refractivity contribution in [3.05, 3.63) is 0 Å². The van der Waals surface area contributed by atoms with Gasteiger partial charge in [-0.15, -0.1) is 0 Å². The molecule has 0 aliphatic heterocycles. The van der Waals surface area contributed by atoms with Gasteiger partial charge in [-0.3, -0.25) is 4.90 Å². The summed E-state index contributed by atoms with van der Waals surface area (Å²) in [7, 11) is 0. The zero-order chi connectivity index (χ0) is 12.6. The van der Waals surface area contributed by atoms with Crippen LogP contribution in [0.4, 0.5) is 0 Å². The summed E-state index contributed by atoms with van der Waals surface area (Å²) in [5, 5.41) is 11.6. The molecule has 0 spiro atoms. The van der Waals surface area contributed by atoms with Gasteiger partial charge >= 0.3 is 0 Å². The molecular formula is C12H27N3O. The fraction of sp³-hybridized carbons (Fsp3) is 0.917. The molecule has 16 heavy (non-hydrogen) atoms. The third-order valence-electron chi connectivity index (χ3n) is 2.56. The van der Waals surface area contributed by atoms with Crippen LogP contribution < -0.4 is 5.73 Å². The molecule has 4 nitrogen and oxygen atoms in total. The first-order valence-electron chi connectivity index (χ1n) is 6.14. The average molecular weight is 229 g/mol. The van der Waals surface area contributed by atoms with Crippen LogP contribution in [0.3, 0.4) is 0 Å². The van der Waals surface area contributed by atoms with E-state index in [1.807, 2.05) is 0 Å². The Morgan fingerprint density at radius 3 is 1.88 bits per heavy atom. The molecule has 0 amide bonds. The van der Waals surface area contributed by atoms with E-state index in [2.05, 4.69) is 37.8 Å². The van der Waals surface area contributed by atoms with Crippen molar-refractivity contribution in [2.45, 2.75) is 40.5 Å². The molecule has 0 radical (unpaired) electrons. The standard InChI is InChI=1S/C12H27N3O/c1-10(2)5-7-15(8-6-11(3)4)9-12(13)14-16/h10-11,16H,5-9H2,1-4H3,(H2,13,14). The van der Waals surface area contributed by atoms with Gasteiger partial charge < -0.3 is 10.9 Å². The molecule has 0 aromatic heterocycles. The highest BCUT2D eigenvalue weighted by Gasteiger charge is 2.09. The molecule has 0 saturated heterocycles. The molecule has 0 atom stereocenters. The minimum Gasteiger partial charge on any atom is -0.409 e. The van der Waals surface area contributed by atoms with Crippen LogP contribution in [-0.2, 0) is 0 Å². The molecule has 0 aliphatic rings. The highest BCUT2D eigenvalue weighted by Crippen LogP contribution is 2.06. The molecule has 0 bridgehead atoms. The maximum absolute atomic E-state index is 8.57. The SMILES string of the molecule is CC(C)CCN(CCC(C)C)CC(N)=NO. The Bertz CT molecular complexity index is 190. The summed E-state index contributed by atoms with van der Waals surface area (Å²) < 4.78 is 0. The van der Waals surface area contributed by atoms with Crippen LogP contribution in [0.25, 0.3) is 0 Å². The molecule has 0 heterocycles. The second kappa shape index (κ2) is 8.39. The summed E-state index contributed by atoms with van der Waals surface area (Å²) >= 11 is 0. The van der Waals surface area contributed by atoms with Crippen molar-refractivity contribution >= 4 is 5.84 Å². The van der Waals surface area contributed by atoms with E-state index in [9.17, 15) is 0 Å². The van der Waals surface area contributed by atoms with E-state index in [4.69, 9.17) is 10.9 Å². The van der Waals surface area contributed by atoms with E-state index in [0.29, 0.717) is 24.2 Å². The number of rotatable bonds is 8. The summed E-state index contributed by atoms with van der Waals surface area (Å²) in [6, 6.07) is 0. The molecule has 96 valence electrons. The van der Waals surface area contributed by atoms with Crippen LogP contribution in [0.15, 0.2) is 5.16 Å². The van der Waals surface area contributed by atoms with Gasteiger partial charge in [0, 0.05) is 0 Å². The Morgan fingerprint density at radius 2 is 1.56 bits per heavy atom. The second-order valence-electron chi connectivity index (χ2n) is 5.23. The van der Waals surface area contributed by atoms with Crippen molar-refractivity contribution in [3.8, 4) is 0 Å². The van der Waals surface area contributed by atoms with E-state index < -0.39 is 0 Å². The second-order valence-corrected chi connectivity index (χ2v) is 5.23. The average Bonchev–Trinajstić information content (AvgIpc) is 2.21. The van der Waals surface area contributed by atoms with E-state index in [1.165, 1.54) is 0 Å². The van der Waals surface area contributed by atoms with E-state index in [-0.39, 0.29) is 0 Å². The molecule has 4 heteroatoms. The number of hydrogen-bond donors (Lipinski definition) is 2. The highest BCUT2D eigenvalue weighted by atomic mass is 16.4. The first-order valence-corrected chi connectivity index (χ1v) is 6.14. The molecule has 0 aromatic rings. The van der Waals surface area contributed by atoms with Gasteiger partial charge in [0.2, 0.25) is 0 Å². The Hall–Kier alpha value is -0.770. The normalized spacial score (nSPS) is 13.1. The van der Waals surface area contributed by atoms with Crippen LogP contribution in [0, 0.1) is 11.8 Å². The minimum absolute atomic E-state index is 0.299. The number of nitrogens with two attached hydrogens (primary N) is 1. The lowest BCUT2D eigenvalue weighted by Crippen LogP contribution is -2.36. The Kier molecular flexibility index (Phi) is 7.99. The third kappa shape index (κ3) is 8.53. The fourth-order valence-corrected chi connectivity index (χ4v) is 1.41. The highest BCUT2D eigenvalue weighted by molar-refractivity contribution is 5.81. The maximum Gasteiger partial charge on any atom is 0.153 e. The van der Waals surface area contributed by atoms with Crippen molar-refractivity contribution in [2.24, 2.45) is 22.7 Å². The summed E-state index contributed by atoms with van der Waals surface area (Å²) in [6.45, 7) is 11.4. The van der Waals surface area contributed by atoms with Gasteiger partial charge in [-0.25, -0.2) is 0 Å². The van der Waals surface area contributed by atoms with E-state index in [1.54, 1.807) is 0 Å². The zero-order valence-corrected chi connectivity index (χ0v) is 11.1. The lowest BCUT2D eigenvalue weighted by Gasteiger charge is -2.23. The van der Waals surface area contributed by atoms with E-state index in [0.717, 1.165) is 25.9 Å². The van der Waals surface area contributed by atoms with Crippen molar-refractivity contribution in [2.75, 3.05) is 19.6 Å². The number of hydrogen-bond acceptors (Lipinski definition) is 3. The van der Waals surface area contributed by atoms with Crippen molar-refractivity contribution in [3.63, 3.8) is 0 Å². The molecule has 0 fully saturated rings. The fourth-order valence-electron chi connectivity index (χ4n) is 1.41. The predicted molar refractivity (Wildman–Crippen MR) is 68.8 cm³/mol. The number of amidine groups is 1.